The van der Waals surface area contributed by atoms with Crippen molar-refractivity contribution in [3.63, 3.8) is 0 Å². The average Bonchev–Trinajstić information content (AvgIpc) is 2.52. The minimum atomic E-state index is 0.631. The van der Waals surface area contributed by atoms with Crippen molar-refractivity contribution in [1.82, 2.24) is 0 Å². The normalized spacial score (nSPS) is 12.1. The van der Waals surface area contributed by atoms with Gasteiger partial charge in [-0.15, -0.1) is 0 Å². The van der Waals surface area contributed by atoms with Crippen LogP contribution in [0.15, 0.2) is 66.7 Å². The van der Waals surface area contributed by atoms with Crippen molar-refractivity contribution in [1.29, 1.82) is 0 Å². The molecule has 96 valence electrons. The fraction of sp³-hybridized carbons (Fsp3) is 0. The Labute approximate surface area is 127 Å². The van der Waals surface area contributed by atoms with Crippen molar-refractivity contribution >= 4 is 60.4 Å². The average molecular weight is 339 g/mol. The second-order valence-electron chi connectivity index (χ2n) is 4.98. The van der Waals surface area contributed by atoms with Gasteiger partial charge in [-0.2, -0.15) is 0 Å². The number of fused-ring (bicyclic) bond motifs is 4. The lowest BCUT2D eigenvalue weighted by molar-refractivity contribution is 1.79. The Morgan fingerprint density at radius 3 is 1.90 bits per heavy atom. The molecule has 0 radical (unpaired) electrons. The highest BCUT2D eigenvalue weighted by atomic mass is 79.9. The highest BCUT2D eigenvalue weighted by Gasteiger charge is 2.07. The summed E-state index contributed by atoms with van der Waals surface area (Å²) in [5.41, 5.74) is 0. The zero-order valence-corrected chi connectivity index (χ0v) is 13.3. The summed E-state index contributed by atoms with van der Waals surface area (Å²) in [4.78, 5) is 0. The van der Waals surface area contributed by atoms with Crippen molar-refractivity contribution in [2.45, 2.75) is 0 Å². The van der Waals surface area contributed by atoms with E-state index in [1.54, 1.807) is 0 Å². The van der Waals surface area contributed by atoms with Crippen LogP contribution in [0.2, 0.25) is 0 Å². The van der Waals surface area contributed by atoms with E-state index in [9.17, 15) is 0 Å². The molecule has 1 unspecified atom stereocenters. The molecule has 0 amide bonds. The molecule has 4 aromatic carbocycles. The Kier molecular flexibility index (Phi) is 2.98. The summed E-state index contributed by atoms with van der Waals surface area (Å²) in [6, 6.07) is 24.2. The fourth-order valence-electron chi connectivity index (χ4n) is 2.87. The molecule has 0 N–H and O–H groups in total. The van der Waals surface area contributed by atoms with Gasteiger partial charge in [0.15, 0.2) is 0 Å². The van der Waals surface area contributed by atoms with Crippen LogP contribution in [0.25, 0.3) is 32.3 Å². The van der Waals surface area contributed by atoms with Crippen molar-refractivity contribution < 1.29 is 0 Å². The van der Waals surface area contributed by atoms with Crippen molar-refractivity contribution in [2.75, 3.05) is 0 Å². The van der Waals surface area contributed by atoms with Gasteiger partial charge in [0, 0.05) is 0 Å². The van der Waals surface area contributed by atoms with Gasteiger partial charge in [0.25, 0.3) is 0 Å². The molecule has 20 heavy (non-hydrogen) atoms. The van der Waals surface area contributed by atoms with Crippen LogP contribution >= 0.6 is 22.8 Å². The zero-order valence-electron chi connectivity index (χ0n) is 10.7. The van der Waals surface area contributed by atoms with Gasteiger partial charge in [-0.05, 0) is 63.1 Å². The minimum Gasteiger partial charge on any atom is -0.0616 e. The van der Waals surface area contributed by atoms with Crippen molar-refractivity contribution in [2.24, 2.45) is 0 Å². The summed E-state index contributed by atoms with van der Waals surface area (Å²) in [7, 11) is 0.631. The Hall–Kier alpha value is -1.43. The smallest absolute Gasteiger partial charge is 0.00760 e. The van der Waals surface area contributed by atoms with Crippen LogP contribution in [0.4, 0.5) is 0 Å². The maximum Gasteiger partial charge on any atom is -0.00760 e. The van der Waals surface area contributed by atoms with E-state index >= 15 is 0 Å². The largest absolute Gasteiger partial charge is 0.0616 e. The van der Waals surface area contributed by atoms with Gasteiger partial charge in [0.1, 0.15) is 0 Å². The Bertz CT molecular complexity index is 944. The molecule has 0 aliphatic rings. The predicted octanol–water partition coefficient (Wildman–Crippen LogP) is 5.76. The second-order valence-corrected chi connectivity index (χ2v) is 6.90. The molecular formula is C18H12BrP. The van der Waals surface area contributed by atoms with Gasteiger partial charge >= 0.3 is 0 Å². The lowest BCUT2D eigenvalue weighted by Gasteiger charge is -2.10. The molecule has 0 aromatic heterocycles. The first kappa shape index (κ1) is 12.3. The highest BCUT2D eigenvalue weighted by Crippen LogP contribution is 2.33. The number of hydrogen-bond donors (Lipinski definition) is 0. The van der Waals surface area contributed by atoms with Crippen LogP contribution < -0.4 is 5.30 Å². The first-order chi connectivity index (χ1) is 9.86. The summed E-state index contributed by atoms with van der Waals surface area (Å²) in [6.07, 6.45) is 0. The van der Waals surface area contributed by atoms with Gasteiger partial charge < -0.3 is 0 Å². The lowest BCUT2D eigenvalue weighted by Crippen LogP contribution is -1.95. The summed E-state index contributed by atoms with van der Waals surface area (Å²) >= 11 is 3.66. The monoisotopic (exact) mass is 338 g/mol. The third kappa shape index (κ3) is 1.85. The molecular weight excluding hydrogens is 327 g/mol. The molecule has 1 atom stereocenters. The predicted molar refractivity (Wildman–Crippen MR) is 95.8 cm³/mol. The van der Waals surface area contributed by atoms with Gasteiger partial charge in [-0.1, -0.05) is 64.0 Å². The summed E-state index contributed by atoms with van der Waals surface area (Å²) in [6.45, 7) is 0. The Morgan fingerprint density at radius 2 is 1.20 bits per heavy atom. The van der Waals surface area contributed by atoms with E-state index in [2.05, 4.69) is 82.2 Å². The maximum absolute atomic E-state index is 3.66. The highest BCUT2D eigenvalue weighted by molar-refractivity contribution is 9.37. The molecule has 0 saturated carbocycles. The number of benzene rings is 4. The third-order valence-electron chi connectivity index (χ3n) is 3.83. The molecule has 0 nitrogen and oxygen atoms in total. The molecule has 0 fully saturated rings. The molecule has 0 aliphatic carbocycles. The van der Waals surface area contributed by atoms with E-state index in [0.29, 0.717) is 7.28 Å². The topological polar surface area (TPSA) is 0 Å². The Morgan fingerprint density at radius 1 is 0.600 bits per heavy atom. The second kappa shape index (κ2) is 4.84. The van der Waals surface area contributed by atoms with Gasteiger partial charge in [-0.3, -0.25) is 0 Å². The summed E-state index contributed by atoms with van der Waals surface area (Å²) in [5.74, 6) is 0. The number of rotatable bonds is 1. The minimum absolute atomic E-state index is 0.631. The first-order valence-corrected chi connectivity index (χ1v) is 9.83. The van der Waals surface area contributed by atoms with Crippen LogP contribution in [0.5, 0.6) is 0 Å². The number of halogens is 1. The van der Waals surface area contributed by atoms with E-state index in [4.69, 9.17) is 0 Å². The molecule has 0 bridgehead atoms. The van der Waals surface area contributed by atoms with Crippen LogP contribution in [0, 0.1) is 0 Å². The molecule has 0 saturated heterocycles. The molecule has 2 heteroatoms. The van der Waals surface area contributed by atoms with Crippen LogP contribution in [-0.2, 0) is 0 Å². The number of hydrogen-bond acceptors (Lipinski definition) is 0. The van der Waals surface area contributed by atoms with E-state index < -0.39 is 0 Å². The summed E-state index contributed by atoms with van der Waals surface area (Å²) < 4.78 is 0. The van der Waals surface area contributed by atoms with Crippen molar-refractivity contribution in [3.05, 3.63) is 66.7 Å². The third-order valence-corrected chi connectivity index (χ3v) is 5.73. The van der Waals surface area contributed by atoms with E-state index in [1.165, 1.54) is 37.6 Å². The van der Waals surface area contributed by atoms with Gasteiger partial charge in [-0.25, -0.2) is 0 Å². The molecule has 4 rings (SSSR count). The van der Waals surface area contributed by atoms with Crippen LogP contribution in [0.3, 0.4) is 0 Å². The fourth-order valence-corrected chi connectivity index (χ4v) is 4.37. The van der Waals surface area contributed by atoms with Gasteiger partial charge in [0.05, 0.1) is 0 Å². The lowest BCUT2D eigenvalue weighted by atomic mass is 9.98. The molecule has 0 spiro atoms. The van der Waals surface area contributed by atoms with Crippen LogP contribution in [-0.4, -0.2) is 0 Å². The summed E-state index contributed by atoms with van der Waals surface area (Å²) in [5, 5.41) is 9.35. The standard InChI is InChI=1S/C18H12BrP/c19-20-18-11-14-7-3-4-8-15(14)16-9-12-5-1-2-6-13(12)10-17(16)18/h1-11,20H. The molecule has 0 heterocycles. The molecule has 4 aromatic rings. The SMILES string of the molecule is BrPc1cc2ccccc2c2cc3ccccc3cc12. The van der Waals surface area contributed by atoms with Gasteiger partial charge in [0.2, 0.25) is 0 Å². The zero-order chi connectivity index (χ0) is 13.5. The Balaban J connectivity index is 2.28. The quantitative estimate of drug-likeness (QED) is 0.235. The first-order valence-electron chi connectivity index (χ1n) is 6.58. The van der Waals surface area contributed by atoms with Crippen LogP contribution in [0.1, 0.15) is 0 Å². The van der Waals surface area contributed by atoms with Crippen molar-refractivity contribution in [3.8, 4) is 0 Å². The van der Waals surface area contributed by atoms with E-state index in [-0.39, 0.29) is 0 Å². The van der Waals surface area contributed by atoms with E-state index in [1.807, 2.05) is 0 Å². The van der Waals surface area contributed by atoms with E-state index in [0.717, 1.165) is 0 Å². The molecule has 0 aliphatic heterocycles. The maximum atomic E-state index is 3.66.